The summed E-state index contributed by atoms with van der Waals surface area (Å²) in [6, 6.07) is 13.2. The van der Waals surface area contributed by atoms with Crippen LogP contribution in [0, 0.1) is 0 Å². The van der Waals surface area contributed by atoms with Gasteiger partial charge in [0, 0.05) is 11.4 Å². The third kappa shape index (κ3) is 5.95. The van der Waals surface area contributed by atoms with E-state index in [9.17, 15) is 4.79 Å². The summed E-state index contributed by atoms with van der Waals surface area (Å²) >= 11 is 5.88. The Labute approximate surface area is 160 Å². The average molecular weight is 376 g/mol. The minimum Gasteiger partial charge on any atom is -0.490 e. The van der Waals surface area contributed by atoms with Crippen LogP contribution >= 0.6 is 11.6 Å². The molecule has 5 heteroatoms. The van der Waals surface area contributed by atoms with Gasteiger partial charge in [0.25, 0.3) is 0 Å². The van der Waals surface area contributed by atoms with Crippen molar-refractivity contribution >= 4 is 17.5 Å². The third-order valence-electron chi connectivity index (χ3n) is 4.00. The van der Waals surface area contributed by atoms with Crippen LogP contribution in [0.5, 0.6) is 11.5 Å². The second-order valence-corrected chi connectivity index (χ2v) is 6.42. The van der Waals surface area contributed by atoms with Crippen LogP contribution < -0.4 is 14.8 Å². The van der Waals surface area contributed by atoms with E-state index >= 15 is 0 Å². The van der Waals surface area contributed by atoms with Gasteiger partial charge in [-0.05, 0) is 62.6 Å². The molecular weight excluding hydrogens is 350 g/mol. The lowest BCUT2D eigenvalue weighted by Gasteiger charge is -2.17. The van der Waals surface area contributed by atoms with E-state index in [2.05, 4.69) is 5.32 Å². The van der Waals surface area contributed by atoms with E-state index in [0.29, 0.717) is 36.8 Å². The second-order valence-electron chi connectivity index (χ2n) is 5.99. The number of benzene rings is 2. The molecule has 0 aliphatic carbocycles. The molecule has 0 aliphatic heterocycles. The van der Waals surface area contributed by atoms with Crippen LogP contribution in [0.1, 0.15) is 44.4 Å². The molecule has 2 aromatic carbocycles. The zero-order chi connectivity index (χ0) is 18.9. The number of amides is 1. The quantitative estimate of drug-likeness (QED) is 0.674. The van der Waals surface area contributed by atoms with Crippen molar-refractivity contribution in [3.05, 3.63) is 58.6 Å². The zero-order valence-corrected chi connectivity index (χ0v) is 16.3. The van der Waals surface area contributed by atoms with Gasteiger partial charge in [0.15, 0.2) is 11.5 Å². The fraction of sp³-hybridized carbons (Fsp3) is 0.381. The maximum absolute atomic E-state index is 12.3. The first-order valence-electron chi connectivity index (χ1n) is 8.96. The highest BCUT2D eigenvalue weighted by Gasteiger charge is 2.13. The Balaban J connectivity index is 1.95. The van der Waals surface area contributed by atoms with Gasteiger partial charge in [-0.3, -0.25) is 4.79 Å². The number of carbonyl (C=O) groups excluding carboxylic acids is 1. The predicted molar refractivity (Wildman–Crippen MR) is 105 cm³/mol. The summed E-state index contributed by atoms with van der Waals surface area (Å²) in [6.45, 7) is 6.98. The Morgan fingerprint density at radius 2 is 1.69 bits per heavy atom. The standard InChI is InChI=1S/C21H26ClNO3/c1-4-25-19-12-9-17(14-20(19)26-5-2)15(3)23-21(24)13-8-16-6-10-18(22)11-7-16/h6-7,9-12,14-15H,4-5,8,13H2,1-3H3,(H,23,24)/t15-/m0/s1. The highest BCUT2D eigenvalue weighted by molar-refractivity contribution is 6.30. The Bertz CT molecular complexity index is 716. The van der Waals surface area contributed by atoms with E-state index in [0.717, 1.165) is 16.9 Å². The van der Waals surface area contributed by atoms with Crippen molar-refractivity contribution in [2.24, 2.45) is 0 Å². The first kappa shape index (κ1) is 20.1. The molecule has 0 saturated heterocycles. The molecule has 0 heterocycles. The second kappa shape index (κ2) is 10.1. The highest BCUT2D eigenvalue weighted by atomic mass is 35.5. The lowest BCUT2D eigenvalue weighted by atomic mass is 10.1. The third-order valence-corrected chi connectivity index (χ3v) is 4.25. The summed E-state index contributed by atoms with van der Waals surface area (Å²) in [6.07, 6.45) is 1.12. The molecule has 0 spiro atoms. The molecule has 0 aliphatic rings. The van der Waals surface area contributed by atoms with Crippen molar-refractivity contribution in [2.75, 3.05) is 13.2 Å². The molecule has 2 rings (SSSR count). The molecule has 0 bridgehead atoms. The summed E-state index contributed by atoms with van der Waals surface area (Å²) < 4.78 is 11.2. The van der Waals surface area contributed by atoms with Gasteiger partial charge in [-0.15, -0.1) is 0 Å². The summed E-state index contributed by atoms with van der Waals surface area (Å²) in [5.74, 6) is 1.44. The summed E-state index contributed by atoms with van der Waals surface area (Å²) in [7, 11) is 0. The number of nitrogens with one attached hydrogen (secondary N) is 1. The summed E-state index contributed by atoms with van der Waals surface area (Å²) in [5, 5.41) is 3.74. The van der Waals surface area contributed by atoms with Gasteiger partial charge in [0.1, 0.15) is 0 Å². The Morgan fingerprint density at radius 1 is 1.04 bits per heavy atom. The summed E-state index contributed by atoms with van der Waals surface area (Å²) in [5.41, 5.74) is 2.08. The molecule has 140 valence electrons. The number of rotatable bonds is 9. The van der Waals surface area contributed by atoms with Gasteiger partial charge in [0.05, 0.1) is 19.3 Å². The van der Waals surface area contributed by atoms with Crippen LogP contribution in [0.4, 0.5) is 0 Å². The van der Waals surface area contributed by atoms with Gasteiger partial charge in [0.2, 0.25) is 5.91 Å². The van der Waals surface area contributed by atoms with E-state index < -0.39 is 0 Å². The molecule has 1 atom stereocenters. The van der Waals surface area contributed by atoms with Crippen LogP contribution in [-0.2, 0) is 11.2 Å². The molecule has 0 radical (unpaired) electrons. The van der Waals surface area contributed by atoms with Crippen LogP contribution in [0.2, 0.25) is 5.02 Å². The molecule has 4 nitrogen and oxygen atoms in total. The molecule has 1 amide bonds. The van der Waals surface area contributed by atoms with E-state index in [1.165, 1.54) is 0 Å². The van der Waals surface area contributed by atoms with Gasteiger partial charge >= 0.3 is 0 Å². The smallest absolute Gasteiger partial charge is 0.220 e. The van der Waals surface area contributed by atoms with Crippen molar-refractivity contribution in [3.63, 3.8) is 0 Å². The van der Waals surface area contributed by atoms with Crippen molar-refractivity contribution in [1.82, 2.24) is 5.32 Å². The minimum absolute atomic E-state index is 0.0132. The van der Waals surface area contributed by atoms with Crippen molar-refractivity contribution < 1.29 is 14.3 Å². The Kier molecular flexibility index (Phi) is 7.79. The van der Waals surface area contributed by atoms with E-state index in [-0.39, 0.29) is 11.9 Å². The average Bonchev–Trinajstić information content (AvgIpc) is 2.63. The molecule has 1 N–H and O–H groups in total. The number of hydrogen-bond donors (Lipinski definition) is 1. The molecule has 0 unspecified atom stereocenters. The maximum Gasteiger partial charge on any atom is 0.220 e. The maximum atomic E-state index is 12.3. The first-order valence-corrected chi connectivity index (χ1v) is 9.34. The largest absolute Gasteiger partial charge is 0.490 e. The van der Waals surface area contributed by atoms with Gasteiger partial charge < -0.3 is 14.8 Å². The number of ether oxygens (including phenoxy) is 2. The summed E-state index contributed by atoms with van der Waals surface area (Å²) in [4.78, 5) is 12.3. The fourth-order valence-electron chi connectivity index (χ4n) is 2.64. The zero-order valence-electron chi connectivity index (χ0n) is 15.5. The van der Waals surface area contributed by atoms with E-state index in [1.807, 2.05) is 63.2 Å². The molecule has 0 aromatic heterocycles. The van der Waals surface area contributed by atoms with Crippen LogP contribution in [0.3, 0.4) is 0 Å². The SMILES string of the molecule is CCOc1ccc([C@H](C)NC(=O)CCc2ccc(Cl)cc2)cc1OCC. The van der Waals surface area contributed by atoms with Gasteiger partial charge in [-0.1, -0.05) is 29.8 Å². The number of carbonyl (C=O) groups is 1. The molecular formula is C21H26ClNO3. The monoisotopic (exact) mass is 375 g/mol. The number of aryl methyl sites for hydroxylation is 1. The fourth-order valence-corrected chi connectivity index (χ4v) is 2.77. The van der Waals surface area contributed by atoms with Crippen molar-refractivity contribution in [2.45, 2.75) is 39.7 Å². The topological polar surface area (TPSA) is 47.6 Å². The van der Waals surface area contributed by atoms with Crippen molar-refractivity contribution in [3.8, 4) is 11.5 Å². The Hall–Kier alpha value is -2.20. The molecule has 2 aromatic rings. The van der Waals surface area contributed by atoms with Gasteiger partial charge in [-0.25, -0.2) is 0 Å². The number of halogens is 1. The molecule has 0 saturated carbocycles. The lowest BCUT2D eigenvalue weighted by Crippen LogP contribution is -2.26. The van der Waals surface area contributed by atoms with Crippen LogP contribution in [0.25, 0.3) is 0 Å². The van der Waals surface area contributed by atoms with Crippen LogP contribution in [-0.4, -0.2) is 19.1 Å². The highest BCUT2D eigenvalue weighted by Crippen LogP contribution is 2.30. The van der Waals surface area contributed by atoms with Crippen molar-refractivity contribution in [1.29, 1.82) is 0 Å². The Morgan fingerprint density at radius 3 is 2.35 bits per heavy atom. The lowest BCUT2D eigenvalue weighted by molar-refractivity contribution is -0.121. The minimum atomic E-state index is -0.109. The molecule has 0 fully saturated rings. The first-order chi connectivity index (χ1) is 12.5. The molecule has 26 heavy (non-hydrogen) atoms. The van der Waals surface area contributed by atoms with E-state index in [1.54, 1.807) is 0 Å². The van der Waals surface area contributed by atoms with E-state index in [4.69, 9.17) is 21.1 Å². The normalized spacial score (nSPS) is 11.7. The van der Waals surface area contributed by atoms with Crippen LogP contribution in [0.15, 0.2) is 42.5 Å². The van der Waals surface area contributed by atoms with Gasteiger partial charge in [-0.2, -0.15) is 0 Å². The predicted octanol–water partition coefficient (Wildman–Crippen LogP) is 4.95. The number of hydrogen-bond acceptors (Lipinski definition) is 3.